The third-order valence-corrected chi connectivity index (χ3v) is 5.35. The zero-order valence-corrected chi connectivity index (χ0v) is 15.3. The van der Waals surface area contributed by atoms with Gasteiger partial charge in [-0.15, -0.1) is 0 Å². The van der Waals surface area contributed by atoms with E-state index in [9.17, 15) is 4.79 Å². The van der Waals surface area contributed by atoms with Crippen molar-refractivity contribution in [3.8, 4) is 11.4 Å². The largest absolute Gasteiger partial charge is 0.353 e. The summed E-state index contributed by atoms with van der Waals surface area (Å²) in [5.74, 6) is 1.48. The first-order valence-electron chi connectivity index (χ1n) is 8.89. The van der Waals surface area contributed by atoms with Gasteiger partial charge in [0.1, 0.15) is 11.6 Å². The molecule has 1 N–H and O–H groups in total. The Kier molecular flexibility index (Phi) is 4.07. The van der Waals surface area contributed by atoms with Gasteiger partial charge in [-0.1, -0.05) is 24.3 Å². The third kappa shape index (κ3) is 2.79. The van der Waals surface area contributed by atoms with Crippen LogP contribution >= 0.6 is 0 Å². The van der Waals surface area contributed by atoms with Crippen molar-refractivity contribution in [1.29, 1.82) is 0 Å². The van der Waals surface area contributed by atoms with Gasteiger partial charge >= 0.3 is 0 Å². The molecule has 5 heteroatoms. The maximum atomic E-state index is 12.0. The quantitative estimate of drug-likeness (QED) is 0.787. The maximum absolute atomic E-state index is 12.0. The highest BCUT2D eigenvalue weighted by Crippen LogP contribution is 2.36. The molecule has 0 saturated carbocycles. The van der Waals surface area contributed by atoms with Crippen molar-refractivity contribution in [3.63, 3.8) is 0 Å². The number of nitrogens with zero attached hydrogens (tertiary/aromatic N) is 3. The molecule has 5 nitrogen and oxygen atoms in total. The zero-order chi connectivity index (χ0) is 18.3. The van der Waals surface area contributed by atoms with Gasteiger partial charge in [0.2, 0.25) is 0 Å². The van der Waals surface area contributed by atoms with E-state index in [-0.39, 0.29) is 5.56 Å². The SMILES string of the molecule is Cc1nc(-c2ccc(N(C)C3CCc4ccccc43)nc2)[nH]c(=O)c1C. The molecule has 26 heavy (non-hydrogen) atoms. The number of benzene rings is 1. The van der Waals surface area contributed by atoms with E-state index in [4.69, 9.17) is 0 Å². The van der Waals surface area contributed by atoms with Crippen molar-refractivity contribution < 1.29 is 0 Å². The van der Waals surface area contributed by atoms with Crippen LogP contribution in [0.3, 0.4) is 0 Å². The van der Waals surface area contributed by atoms with Crippen molar-refractivity contribution in [3.05, 3.63) is 75.3 Å². The Hall–Kier alpha value is -2.95. The Morgan fingerprint density at radius 3 is 2.69 bits per heavy atom. The molecule has 0 amide bonds. The molecule has 0 fully saturated rings. The van der Waals surface area contributed by atoms with Gasteiger partial charge in [-0.3, -0.25) is 4.79 Å². The number of aryl methyl sites for hydroxylation is 2. The fourth-order valence-corrected chi connectivity index (χ4v) is 3.61. The van der Waals surface area contributed by atoms with E-state index in [2.05, 4.69) is 51.2 Å². The molecule has 132 valence electrons. The number of hydrogen-bond donors (Lipinski definition) is 1. The Labute approximate surface area is 152 Å². The summed E-state index contributed by atoms with van der Waals surface area (Å²) in [5.41, 5.74) is 4.93. The van der Waals surface area contributed by atoms with Crippen LogP contribution in [0.25, 0.3) is 11.4 Å². The minimum Gasteiger partial charge on any atom is -0.353 e. The highest BCUT2D eigenvalue weighted by atomic mass is 16.1. The Bertz CT molecular complexity index is 1010. The van der Waals surface area contributed by atoms with Crippen LogP contribution in [0, 0.1) is 13.8 Å². The minimum atomic E-state index is -0.101. The topological polar surface area (TPSA) is 61.9 Å². The predicted molar refractivity (Wildman–Crippen MR) is 103 cm³/mol. The fourth-order valence-electron chi connectivity index (χ4n) is 3.61. The maximum Gasteiger partial charge on any atom is 0.254 e. The van der Waals surface area contributed by atoms with Gasteiger partial charge in [-0.2, -0.15) is 0 Å². The summed E-state index contributed by atoms with van der Waals surface area (Å²) in [5, 5.41) is 0. The number of H-pyrrole nitrogens is 1. The average molecular weight is 346 g/mol. The molecule has 0 radical (unpaired) electrons. The molecule has 4 rings (SSSR count). The summed E-state index contributed by atoms with van der Waals surface area (Å²) >= 11 is 0. The normalized spacial score (nSPS) is 15.7. The second kappa shape index (κ2) is 6.41. The van der Waals surface area contributed by atoms with Crippen molar-refractivity contribution in [1.82, 2.24) is 15.0 Å². The van der Waals surface area contributed by atoms with E-state index < -0.39 is 0 Å². The summed E-state index contributed by atoms with van der Waals surface area (Å²) < 4.78 is 0. The van der Waals surface area contributed by atoms with Crippen LogP contribution < -0.4 is 10.5 Å². The van der Waals surface area contributed by atoms with Gasteiger partial charge in [0, 0.05) is 30.1 Å². The molecule has 1 aliphatic carbocycles. The number of anilines is 1. The standard InChI is InChI=1S/C21H22N4O/c1-13-14(2)23-20(24-21(13)26)16-9-11-19(22-12-16)25(3)18-10-8-15-6-4-5-7-17(15)18/h4-7,9,11-12,18H,8,10H2,1-3H3,(H,23,24,26). The number of fused-ring (bicyclic) bond motifs is 1. The Morgan fingerprint density at radius 1 is 1.15 bits per heavy atom. The molecule has 1 atom stereocenters. The van der Waals surface area contributed by atoms with E-state index in [0.717, 1.165) is 29.9 Å². The Balaban J connectivity index is 1.62. The first kappa shape index (κ1) is 16.5. The lowest BCUT2D eigenvalue weighted by atomic mass is 10.1. The number of hydrogen-bond acceptors (Lipinski definition) is 4. The smallest absolute Gasteiger partial charge is 0.254 e. The van der Waals surface area contributed by atoms with E-state index in [0.29, 0.717) is 17.4 Å². The van der Waals surface area contributed by atoms with E-state index >= 15 is 0 Å². The van der Waals surface area contributed by atoms with Crippen LogP contribution in [0.2, 0.25) is 0 Å². The lowest BCUT2D eigenvalue weighted by Crippen LogP contribution is -2.23. The molecule has 0 aliphatic heterocycles. The second-order valence-corrected chi connectivity index (χ2v) is 6.89. The van der Waals surface area contributed by atoms with Gasteiger partial charge in [0.15, 0.2) is 0 Å². The highest BCUT2D eigenvalue weighted by Gasteiger charge is 2.26. The molecule has 0 saturated heterocycles. The molecule has 2 heterocycles. The molecule has 0 bridgehead atoms. The summed E-state index contributed by atoms with van der Waals surface area (Å²) in [6, 6.07) is 12.9. The molecule has 3 aromatic rings. The average Bonchev–Trinajstić information content (AvgIpc) is 3.09. The molecule has 1 aliphatic rings. The van der Waals surface area contributed by atoms with Gasteiger partial charge in [0.05, 0.1) is 6.04 Å². The summed E-state index contributed by atoms with van der Waals surface area (Å²) in [7, 11) is 2.09. The number of rotatable bonds is 3. The second-order valence-electron chi connectivity index (χ2n) is 6.89. The van der Waals surface area contributed by atoms with Crippen LogP contribution in [0.4, 0.5) is 5.82 Å². The molecule has 1 aromatic carbocycles. The number of nitrogens with one attached hydrogen (secondary N) is 1. The zero-order valence-electron chi connectivity index (χ0n) is 15.3. The third-order valence-electron chi connectivity index (χ3n) is 5.35. The lowest BCUT2D eigenvalue weighted by molar-refractivity contribution is 0.655. The molecule has 1 unspecified atom stereocenters. The highest BCUT2D eigenvalue weighted by molar-refractivity contribution is 5.57. The molecular formula is C21H22N4O. The van der Waals surface area contributed by atoms with Gasteiger partial charge in [0.25, 0.3) is 5.56 Å². The van der Waals surface area contributed by atoms with Crippen molar-refractivity contribution in [2.45, 2.75) is 32.7 Å². The monoisotopic (exact) mass is 346 g/mol. The molecule has 2 aromatic heterocycles. The number of aromatic nitrogens is 3. The fraction of sp³-hybridized carbons (Fsp3) is 0.286. The summed E-state index contributed by atoms with van der Waals surface area (Å²) in [6.45, 7) is 3.63. The number of aromatic amines is 1. The van der Waals surface area contributed by atoms with E-state index in [1.165, 1.54) is 11.1 Å². The van der Waals surface area contributed by atoms with Crippen LogP contribution in [-0.4, -0.2) is 22.0 Å². The summed E-state index contributed by atoms with van der Waals surface area (Å²) in [6.07, 6.45) is 3.99. The van der Waals surface area contributed by atoms with Crippen LogP contribution in [0.1, 0.15) is 34.8 Å². The van der Waals surface area contributed by atoms with Crippen LogP contribution in [-0.2, 0) is 6.42 Å². The van der Waals surface area contributed by atoms with Crippen molar-refractivity contribution in [2.75, 3.05) is 11.9 Å². The van der Waals surface area contributed by atoms with E-state index in [1.54, 1.807) is 13.1 Å². The van der Waals surface area contributed by atoms with Crippen LogP contribution in [0.15, 0.2) is 47.4 Å². The lowest BCUT2D eigenvalue weighted by Gasteiger charge is -2.26. The Morgan fingerprint density at radius 2 is 1.96 bits per heavy atom. The first-order chi connectivity index (χ1) is 12.5. The summed E-state index contributed by atoms with van der Waals surface area (Å²) in [4.78, 5) is 26.1. The number of pyridine rings is 1. The van der Waals surface area contributed by atoms with Gasteiger partial charge in [-0.05, 0) is 49.9 Å². The van der Waals surface area contributed by atoms with Gasteiger partial charge in [-0.25, -0.2) is 9.97 Å². The van der Waals surface area contributed by atoms with Crippen molar-refractivity contribution >= 4 is 5.82 Å². The van der Waals surface area contributed by atoms with Crippen molar-refractivity contribution in [2.24, 2.45) is 0 Å². The minimum absolute atomic E-state index is 0.101. The molecular weight excluding hydrogens is 324 g/mol. The van der Waals surface area contributed by atoms with Gasteiger partial charge < -0.3 is 9.88 Å². The van der Waals surface area contributed by atoms with Crippen LogP contribution in [0.5, 0.6) is 0 Å². The molecule has 0 spiro atoms. The predicted octanol–water partition coefficient (Wildman–Crippen LogP) is 3.57. The first-order valence-corrected chi connectivity index (χ1v) is 8.89. The van der Waals surface area contributed by atoms with E-state index in [1.807, 2.05) is 19.1 Å².